The van der Waals surface area contributed by atoms with Gasteiger partial charge in [0.25, 0.3) is 0 Å². The highest BCUT2D eigenvalue weighted by molar-refractivity contribution is 6.01. The maximum absolute atomic E-state index is 13.1. The molecule has 2 N–H and O–H groups in total. The maximum atomic E-state index is 13.1. The maximum Gasteiger partial charge on any atom is 0.227 e. The van der Waals surface area contributed by atoms with Crippen molar-refractivity contribution < 1.29 is 14.0 Å². The minimum absolute atomic E-state index is 0.109. The lowest BCUT2D eigenvalue weighted by molar-refractivity contribution is -0.135. The van der Waals surface area contributed by atoms with Crippen molar-refractivity contribution in [2.24, 2.45) is 10.6 Å². The van der Waals surface area contributed by atoms with Crippen molar-refractivity contribution in [3.8, 4) is 0 Å². The van der Waals surface area contributed by atoms with Crippen molar-refractivity contribution in [1.82, 2.24) is 10.6 Å². The Labute approximate surface area is 154 Å². The zero-order valence-electron chi connectivity index (χ0n) is 15.6. The van der Waals surface area contributed by atoms with E-state index in [4.69, 9.17) is 4.84 Å². The van der Waals surface area contributed by atoms with E-state index in [0.717, 1.165) is 37.1 Å². The van der Waals surface area contributed by atoms with Gasteiger partial charge in [0.05, 0.1) is 11.1 Å². The van der Waals surface area contributed by atoms with E-state index in [0.29, 0.717) is 19.4 Å². The Kier molecular flexibility index (Phi) is 5.91. The molecule has 1 aromatic carbocycles. The number of carbonyl (C=O) groups is 1. The summed E-state index contributed by atoms with van der Waals surface area (Å²) in [6, 6.07) is 6.45. The van der Waals surface area contributed by atoms with E-state index in [1.54, 1.807) is 12.1 Å². The Balaban J connectivity index is 1.66. The molecule has 3 atom stereocenters. The predicted octanol–water partition coefficient (Wildman–Crippen LogP) is 2.99. The Morgan fingerprint density at radius 2 is 2.23 bits per heavy atom. The molecule has 5 nitrogen and oxygen atoms in total. The highest BCUT2D eigenvalue weighted by Gasteiger charge is 2.43. The summed E-state index contributed by atoms with van der Waals surface area (Å²) >= 11 is 0. The van der Waals surface area contributed by atoms with Gasteiger partial charge in [-0.2, -0.15) is 0 Å². The molecule has 2 heterocycles. The molecule has 2 aliphatic rings. The zero-order chi connectivity index (χ0) is 18.6. The van der Waals surface area contributed by atoms with Crippen LogP contribution in [-0.2, 0) is 9.63 Å². The molecule has 0 unspecified atom stereocenters. The van der Waals surface area contributed by atoms with Gasteiger partial charge in [0.1, 0.15) is 11.9 Å². The fourth-order valence-corrected chi connectivity index (χ4v) is 3.69. The van der Waals surface area contributed by atoms with Crippen LogP contribution in [0.3, 0.4) is 0 Å². The second kappa shape index (κ2) is 8.16. The first kappa shape index (κ1) is 18.8. The van der Waals surface area contributed by atoms with Gasteiger partial charge in [-0.15, -0.1) is 0 Å². The summed E-state index contributed by atoms with van der Waals surface area (Å²) in [6.45, 7) is 5.71. The second-order valence-electron chi connectivity index (χ2n) is 7.52. The number of amides is 1. The number of rotatable bonds is 6. The first-order valence-electron chi connectivity index (χ1n) is 9.53. The molecule has 0 saturated carbocycles. The average Bonchev–Trinajstić information content (AvgIpc) is 3.11. The van der Waals surface area contributed by atoms with E-state index in [9.17, 15) is 9.18 Å². The molecule has 2 aliphatic heterocycles. The highest BCUT2D eigenvalue weighted by atomic mass is 19.1. The third kappa shape index (κ3) is 4.23. The lowest BCUT2D eigenvalue weighted by Crippen LogP contribution is -2.53. The van der Waals surface area contributed by atoms with Crippen LogP contribution in [0.1, 0.15) is 51.5 Å². The molecular formula is C20H28FN3O2. The SMILES string of the molecule is CC[C@H](C)NC(=O)[C@]1(C[C@@H]2CC(c3ccc(F)cc3)=NO2)CCCNC1. The molecule has 3 rings (SSSR count). The lowest BCUT2D eigenvalue weighted by atomic mass is 9.74. The first-order chi connectivity index (χ1) is 12.5. The van der Waals surface area contributed by atoms with E-state index in [1.165, 1.54) is 12.1 Å². The van der Waals surface area contributed by atoms with Crippen LogP contribution in [0.4, 0.5) is 4.39 Å². The van der Waals surface area contributed by atoms with Crippen LogP contribution in [0.2, 0.25) is 0 Å². The molecule has 1 amide bonds. The topological polar surface area (TPSA) is 62.7 Å². The molecule has 26 heavy (non-hydrogen) atoms. The third-order valence-electron chi connectivity index (χ3n) is 5.47. The molecule has 0 bridgehead atoms. The van der Waals surface area contributed by atoms with Crippen LogP contribution < -0.4 is 10.6 Å². The Morgan fingerprint density at radius 3 is 2.88 bits per heavy atom. The van der Waals surface area contributed by atoms with Crippen LogP contribution >= 0.6 is 0 Å². The summed E-state index contributed by atoms with van der Waals surface area (Å²) < 4.78 is 13.1. The van der Waals surface area contributed by atoms with Gasteiger partial charge >= 0.3 is 0 Å². The number of carbonyl (C=O) groups excluding carboxylic acids is 1. The van der Waals surface area contributed by atoms with Crippen molar-refractivity contribution in [1.29, 1.82) is 0 Å². The Bertz CT molecular complexity index is 654. The van der Waals surface area contributed by atoms with Gasteiger partial charge in [-0.25, -0.2) is 4.39 Å². The molecule has 1 fully saturated rings. The average molecular weight is 361 g/mol. The van der Waals surface area contributed by atoms with Crippen LogP contribution in [0, 0.1) is 11.2 Å². The van der Waals surface area contributed by atoms with Crippen molar-refractivity contribution in [3.63, 3.8) is 0 Å². The van der Waals surface area contributed by atoms with Gasteiger partial charge in [0.2, 0.25) is 5.91 Å². The molecule has 142 valence electrons. The van der Waals surface area contributed by atoms with Crippen LogP contribution in [0.25, 0.3) is 0 Å². The number of hydrogen-bond donors (Lipinski definition) is 2. The highest BCUT2D eigenvalue weighted by Crippen LogP contribution is 2.35. The zero-order valence-corrected chi connectivity index (χ0v) is 15.6. The summed E-state index contributed by atoms with van der Waals surface area (Å²) in [4.78, 5) is 18.6. The van der Waals surface area contributed by atoms with Crippen molar-refractivity contribution in [2.45, 2.75) is 58.1 Å². The number of piperidine rings is 1. The van der Waals surface area contributed by atoms with Gasteiger partial charge < -0.3 is 15.5 Å². The number of nitrogens with one attached hydrogen (secondary N) is 2. The Morgan fingerprint density at radius 1 is 1.46 bits per heavy atom. The largest absolute Gasteiger partial charge is 0.392 e. The van der Waals surface area contributed by atoms with Gasteiger partial charge in [0.15, 0.2) is 0 Å². The first-order valence-corrected chi connectivity index (χ1v) is 9.53. The van der Waals surface area contributed by atoms with Gasteiger partial charge in [-0.05, 0) is 50.4 Å². The summed E-state index contributed by atoms with van der Waals surface area (Å²) in [5.41, 5.74) is 1.23. The molecule has 0 aromatic heterocycles. The predicted molar refractivity (Wildman–Crippen MR) is 99.5 cm³/mol. The smallest absolute Gasteiger partial charge is 0.227 e. The van der Waals surface area contributed by atoms with Crippen LogP contribution in [0.5, 0.6) is 0 Å². The van der Waals surface area contributed by atoms with Gasteiger partial charge in [-0.1, -0.05) is 24.2 Å². The molecular weight excluding hydrogens is 333 g/mol. The fourth-order valence-electron chi connectivity index (χ4n) is 3.69. The minimum Gasteiger partial charge on any atom is -0.392 e. The van der Waals surface area contributed by atoms with E-state index in [2.05, 4.69) is 22.7 Å². The second-order valence-corrected chi connectivity index (χ2v) is 7.52. The summed E-state index contributed by atoms with van der Waals surface area (Å²) in [6.07, 6.45) is 3.89. The van der Waals surface area contributed by atoms with Crippen molar-refractivity contribution in [2.75, 3.05) is 13.1 Å². The number of benzene rings is 1. The van der Waals surface area contributed by atoms with Gasteiger partial charge in [-0.3, -0.25) is 4.79 Å². The normalized spacial score (nSPS) is 26.7. The number of nitrogens with zero attached hydrogens (tertiary/aromatic N) is 1. The number of oxime groups is 1. The van der Waals surface area contributed by atoms with E-state index in [-0.39, 0.29) is 23.9 Å². The molecule has 1 saturated heterocycles. The molecule has 0 aliphatic carbocycles. The minimum atomic E-state index is -0.458. The summed E-state index contributed by atoms with van der Waals surface area (Å²) in [5.74, 6) is -0.156. The third-order valence-corrected chi connectivity index (χ3v) is 5.47. The monoisotopic (exact) mass is 361 g/mol. The van der Waals surface area contributed by atoms with E-state index in [1.807, 2.05) is 6.92 Å². The fraction of sp³-hybridized carbons (Fsp3) is 0.600. The number of halogens is 1. The van der Waals surface area contributed by atoms with Crippen LogP contribution in [-0.4, -0.2) is 36.9 Å². The standard InChI is InChI=1S/C20H28FN3O2/c1-3-14(2)23-19(25)20(9-4-10-22-13-20)12-17-11-18(24-26-17)15-5-7-16(21)8-6-15/h5-8,14,17,22H,3-4,9-13H2,1-2H3,(H,23,25)/t14-,17-,20-/m0/s1. The van der Waals surface area contributed by atoms with Crippen molar-refractivity contribution in [3.05, 3.63) is 35.6 Å². The molecule has 0 radical (unpaired) electrons. The summed E-state index contributed by atoms with van der Waals surface area (Å²) in [7, 11) is 0. The van der Waals surface area contributed by atoms with E-state index < -0.39 is 5.41 Å². The number of hydrogen-bond acceptors (Lipinski definition) is 4. The van der Waals surface area contributed by atoms with Crippen LogP contribution in [0.15, 0.2) is 29.4 Å². The Hall–Kier alpha value is -1.95. The molecule has 0 spiro atoms. The summed E-state index contributed by atoms with van der Waals surface area (Å²) in [5, 5.41) is 10.7. The molecule has 6 heteroatoms. The quantitative estimate of drug-likeness (QED) is 0.819. The lowest BCUT2D eigenvalue weighted by Gasteiger charge is -2.38. The van der Waals surface area contributed by atoms with Crippen molar-refractivity contribution >= 4 is 11.6 Å². The van der Waals surface area contributed by atoms with E-state index >= 15 is 0 Å². The molecule has 1 aromatic rings. The van der Waals surface area contributed by atoms with Gasteiger partial charge in [0, 0.05) is 25.4 Å².